The Labute approximate surface area is 118 Å². The molecule has 0 saturated carbocycles. The normalized spacial score (nSPS) is 15.2. The minimum atomic E-state index is -0.698. The zero-order valence-electron chi connectivity index (χ0n) is 12.1. The van der Waals surface area contributed by atoms with Gasteiger partial charge in [-0.3, -0.25) is 4.79 Å². The first-order chi connectivity index (χ1) is 9.49. The lowest BCUT2D eigenvalue weighted by Crippen LogP contribution is -2.52. The van der Waals surface area contributed by atoms with E-state index in [0.717, 1.165) is 6.42 Å². The molecule has 0 radical (unpaired) electrons. The van der Waals surface area contributed by atoms with Gasteiger partial charge in [0.05, 0.1) is 6.04 Å². The Morgan fingerprint density at radius 1 is 1.35 bits per heavy atom. The summed E-state index contributed by atoms with van der Waals surface area (Å²) in [7, 11) is 0. The predicted octanol–water partition coefficient (Wildman–Crippen LogP) is 1.06. The molecular formula is C13H23N5O2. The number of nitrogens with two attached hydrogens (primary N) is 1. The highest BCUT2D eigenvalue weighted by molar-refractivity contribution is 5.87. The highest BCUT2D eigenvalue weighted by Gasteiger charge is 2.27. The molecule has 1 aromatic heterocycles. The lowest BCUT2D eigenvalue weighted by Gasteiger charge is -2.25. The van der Waals surface area contributed by atoms with Crippen LogP contribution in [0.15, 0.2) is 12.4 Å². The second-order valence-corrected chi connectivity index (χ2v) is 4.82. The largest absolute Gasteiger partial charge is 0.352 e. The minimum Gasteiger partial charge on any atom is -0.352 e. The Morgan fingerprint density at radius 2 is 2.05 bits per heavy atom. The van der Waals surface area contributed by atoms with E-state index in [1.807, 2.05) is 20.8 Å². The molecule has 0 bridgehead atoms. The quantitative estimate of drug-likeness (QED) is 0.599. The maximum absolute atomic E-state index is 12.3. The molecule has 0 fully saturated rings. The van der Waals surface area contributed by atoms with Crippen LogP contribution in [0, 0.1) is 5.92 Å². The van der Waals surface area contributed by atoms with Crippen LogP contribution in [0.2, 0.25) is 0 Å². The fourth-order valence-corrected chi connectivity index (χ4v) is 1.95. The van der Waals surface area contributed by atoms with Crippen molar-refractivity contribution in [3.63, 3.8) is 0 Å². The number of hydrogen-bond donors (Lipinski definition) is 4. The molecule has 0 aliphatic carbocycles. The van der Waals surface area contributed by atoms with E-state index >= 15 is 0 Å². The van der Waals surface area contributed by atoms with E-state index in [1.54, 1.807) is 12.4 Å². The highest BCUT2D eigenvalue weighted by atomic mass is 16.2. The summed E-state index contributed by atoms with van der Waals surface area (Å²) in [6.07, 6.45) is 4.80. The summed E-state index contributed by atoms with van der Waals surface area (Å²) in [4.78, 5) is 30.5. The first-order valence-corrected chi connectivity index (χ1v) is 6.85. The van der Waals surface area contributed by atoms with Crippen LogP contribution < -0.4 is 16.4 Å². The van der Waals surface area contributed by atoms with Crippen molar-refractivity contribution in [3.8, 4) is 0 Å². The van der Waals surface area contributed by atoms with Crippen LogP contribution in [0.1, 0.15) is 45.5 Å². The van der Waals surface area contributed by atoms with Gasteiger partial charge in [0.2, 0.25) is 5.91 Å². The van der Waals surface area contributed by atoms with Crippen molar-refractivity contribution < 1.29 is 9.59 Å². The van der Waals surface area contributed by atoms with Crippen molar-refractivity contribution in [2.45, 2.75) is 45.7 Å². The van der Waals surface area contributed by atoms with Crippen molar-refractivity contribution in [1.82, 2.24) is 20.6 Å². The Morgan fingerprint density at radius 3 is 2.50 bits per heavy atom. The molecule has 112 valence electrons. The summed E-state index contributed by atoms with van der Waals surface area (Å²) >= 11 is 0. The SMILES string of the molecule is CCC(NC(=O)C(NC(N)=O)C(C)CC)c1ncc[nH]1. The molecule has 3 amide bonds. The van der Waals surface area contributed by atoms with Gasteiger partial charge in [-0.05, 0) is 12.3 Å². The second kappa shape index (κ2) is 7.52. The molecule has 0 saturated heterocycles. The monoisotopic (exact) mass is 281 g/mol. The summed E-state index contributed by atoms with van der Waals surface area (Å²) in [5.74, 6) is 0.445. The van der Waals surface area contributed by atoms with Gasteiger partial charge in [0.15, 0.2) is 0 Å². The van der Waals surface area contributed by atoms with Crippen molar-refractivity contribution >= 4 is 11.9 Å². The molecule has 0 aliphatic rings. The number of H-pyrrole nitrogens is 1. The molecule has 0 aliphatic heterocycles. The van der Waals surface area contributed by atoms with Crippen LogP contribution in [0.5, 0.6) is 0 Å². The number of carbonyl (C=O) groups is 2. The standard InChI is InChI=1S/C13H23N5O2/c1-4-8(3)10(18-13(14)20)12(19)17-9(5-2)11-15-6-7-16-11/h6-10H,4-5H2,1-3H3,(H,15,16)(H,17,19)(H3,14,18,20). The average Bonchev–Trinajstić information content (AvgIpc) is 2.94. The molecule has 5 N–H and O–H groups in total. The van der Waals surface area contributed by atoms with Crippen molar-refractivity contribution in [2.24, 2.45) is 11.7 Å². The van der Waals surface area contributed by atoms with Crippen LogP contribution in [0.3, 0.4) is 0 Å². The Kier molecular flexibility index (Phi) is 6.02. The number of nitrogens with one attached hydrogen (secondary N) is 3. The van der Waals surface area contributed by atoms with E-state index in [9.17, 15) is 9.59 Å². The Hall–Kier alpha value is -2.05. The zero-order chi connectivity index (χ0) is 15.1. The third kappa shape index (κ3) is 4.25. The molecule has 7 nitrogen and oxygen atoms in total. The number of carbonyl (C=O) groups excluding carboxylic acids is 2. The van der Waals surface area contributed by atoms with Crippen LogP contribution >= 0.6 is 0 Å². The second-order valence-electron chi connectivity index (χ2n) is 4.82. The lowest BCUT2D eigenvalue weighted by molar-refractivity contribution is -0.124. The third-order valence-electron chi connectivity index (χ3n) is 3.37. The summed E-state index contributed by atoms with van der Waals surface area (Å²) in [6.45, 7) is 5.80. The molecule has 3 atom stereocenters. The van der Waals surface area contributed by atoms with Gasteiger partial charge in [-0.25, -0.2) is 9.78 Å². The van der Waals surface area contributed by atoms with Gasteiger partial charge in [0.1, 0.15) is 11.9 Å². The molecule has 1 rings (SSSR count). The average molecular weight is 281 g/mol. The van der Waals surface area contributed by atoms with Gasteiger partial charge in [0, 0.05) is 12.4 Å². The smallest absolute Gasteiger partial charge is 0.312 e. The third-order valence-corrected chi connectivity index (χ3v) is 3.37. The first kappa shape index (κ1) is 16.0. The molecule has 0 aromatic carbocycles. The number of aromatic nitrogens is 2. The van der Waals surface area contributed by atoms with E-state index in [2.05, 4.69) is 20.6 Å². The lowest BCUT2D eigenvalue weighted by atomic mass is 9.98. The predicted molar refractivity (Wildman–Crippen MR) is 75.7 cm³/mol. The van der Waals surface area contributed by atoms with Gasteiger partial charge in [-0.2, -0.15) is 0 Å². The minimum absolute atomic E-state index is 0.00314. The van der Waals surface area contributed by atoms with E-state index < -0.39 is 12.1 Å². The van der Waals surface area contributed by atoms with Crippen molar-refractivity contribution in [1.29, 1.82) is 0 Å². The summed E-state index contributed by atoms with van der Waals surface area (Å²) in [5, 5.41) is 5.39. The summed E-state index contributed by atoms with van der Waals surface area (Å²) in [6, 6.07) is -1.54. The van der Waals surface area contributed by atoms with Gasteiger partial charge in [-0.1, -0.05) is 27.2 Å². The number of nitrogens with zero attached hydrogens (tertiary/aromatic N) is 1. The molecule has 20 heavy (non-hydrogen) atoms. The van der Waals surface area contributed by atoms with Crippen molar-refractivity contribution in [3.05, 3.63) is 18.2 Å². The van der Waals surface area contributed by atoms with Gasteiger partial charge in [0.25, 0.3) is 0 Å². The number of amides is 3. The number of primary amides is 1. The number of rotatable bonds is 7. The van der Waals surface area contributed by atoms with Crippen LogP contribution in [0.4, 0.5) is 4.79 Å². The maximum atomic E-state index is 12.3. The fourth-order valence-electron chi connectivity index (χ4n) is 1.95. The van der Waals surface area contributed by atoms with Gasteiger partial charge < -0.3 is 21.4 Å². The molecule has 0 spiro atoms. The fraction of sp³-hybridized carbons (Fsp3) is 0.615. The Balaban J connectivity index is 2.76. The van der Waals surface area contributed by atoms with Crippen LogP contribution in [-0.2, 0) is 4.79 Å². The zero-order valence-corrected chi connectivity index (χ0v) is 12.1. The Bertz CT molecular complexity index is 432. The molecule has 7 heteroatoms. The number of hydrogen-bond acceptors (Lipinski definition) is 3. The highest BCUT2D eigenvalue weighted by Crippen LogP contribution is 2.14. The number of aromatic amines is 1. The van der Waals surface area contributed by atoms with E-state index in [1.165, 1.54) is 0 Å². The number of urea groups is 1. The van der Waals surface area contributed by atoms with E-state index in [-0.39, 0.29) is 17.9 Å². The van der Waals surface area contributed by atoms with Crippen LogP contribution in [0.25, 0.3) is 0 Å². The molecule has 1 aromatic rings. The summed E-state index contributed by atoms with van der Waals surface area (Å²) < 4.78 is 0. The first-order valence-electron chi connectivity index (χ1n) is 6.85. The topological polar surface area (TPSA) is 113 Å². The van der Waals surface area contributed by atoms with Crippen LogP contribution in [-0.4, -0.2) is 27.9 Å². The summed E-state index contributed by atoms with van der Waals surface area (Å²) in [5.41, 5.74) is 5.13. The van der Waals surface area contributed by atoms with Gasteiger partial charge >= 0.3 is 6.03 Å². The maximum Gasteiger partial charge on any atom is 0.312 e. The van der Waals surface area contributed by atoms with E-state index in [0.29, 0.717) is 12.2 Å². The molecule has 1 heterocycles. The molecular weight excluding hydrogens is 258 g/mol. The molecule has 3 unspecified atom stereocenters. The van der Waals surface area contributed by atoms with E-state index in [4.69, 9.17) is 5.73 Å². The number of imidazole rings is 1. The van der Waals surface area contributed by atoms with Gasteiger partial charge in [-0.15, -0.1) is 0 Å². The van der Waals surface area contributed by atoms with Crippen molar-refractivity contribution in [2.75, 3.05) is 0 Å².